The average Bonchev–Trinajstić information content (AvgIpc) is 2.84. The van der Waals surface area contributed by atoms with Crippen molar-refractivity contribution in [1.29, 1.82) is 0 Å². The predicted octanol–water partition coefficient (Wildman–Crippen LogP) is 5.65. The first-order valence-electron chi connectivity index (χ1n) is 12.2. The number of benzene rings is 2. The van der Waals surface area contributed by atoms with Gasteiger partial charge in [0.15, 0.2) is 0 Å². The highest BCUT2D eigenvalue weighted by Crippen LogP contribution is 2.29. The Kier molecular flexibility index (Phi) is 8.88. The molecule has 1 N–H and O–H groups in total. The molecule has 1 aliphatic heterocycles. The van der Waals surface area contributed by atoms with Gasteiger partial charge in [-0.3, -0.25) is 4.79 Å². The van der Waals surface area contributed by atoms with Crippen LogP contribution in [-0.2, 0) is 11.3 Å². The lowest BCUT2D eigenvalue weighted by Gasteiger charge is -2.37. The zero-order chi connectivity index (χ0) is 25.4. The number of rotatable bonds is 6. The van der Waals surface area contributed by atoms with Gasteiger partial charge < -0.3 is 19.3 Å². The van der Waals surface area contributed by atoms with E-state index < -0.39 is 5.60 Å². The van der Waals surface area contributed by atoms with Gasteiger partial charge in [-0.1, -0.05) is 60.7 Å². The lowest BCUT2D eigenvalue weighted by Crippen LogP contribution is -2.45. The van der Waals surface area contributed by atoms with Crippen LogP contribution in [0.3, 0.4) is 0 Å². The predicted molar refractivity (Wildman–Crippen MR) is 139 cm³/mol. The molecule has 0 bridgehead atoms. The van der Waals surface area contributed by atoms with E-state index in [1.807, 2.05) is 86.8 Å². The van der Waals surface area contributed by atoms with Crippen LogP contribution < -0.4 is 5.56 Å². The number of aryl methyl sites for hydroxylation is 1. The Morgan fingerprint density at radius 2 is 1.60 bits per heavy atom. The third kappa shape index (κ3) is 7.55. The van der Waals surface area contributed by atoms with Crippen molar-refractivity contribution >= 4 is 6.09 Å². The fourth-order valence-electron chi connectivity index (χ4n) is 4.16. The summed E-state index contributed by atoms with van der Waals surface area (Å²) < 4.78 is 7.20. The van der Waals surface area contributed by atoms with Crippen LogP contribution in [0.5, 0.6) is 0 Å². The first-order chi connectivity index (χ1) is 16.7. The van der Waals surface area contributed by atoms with Gasteiger partial charge in [-0.15, -0.1) is 0 Å². The Hall–Kier alpha value is -3.38. The van der Waals surface area contributed by atoms with E-state index in [2.05, 4.69) is 0 Å². The first-order valence-corrected chi connectivity index (χ1v) is 12.2. The molecule has 186 valence electrons. The van der Waals surface area contributed by atoms with Crippen LogP contribution in [0, 0.1) is 0 Å². The van der Waals surface area contributed by atoms with Crippen molar-refractivity contribution in [2.45, 2.75) is 64.8 Å². The van der Waals surface area contributed by atoms with Gasteiger partial charge in [0.25, 0.3) is 5.56 Å². The number of carbonyl (C=O) groups is 1. The van der Waals surface area contributed by atoms with Crippen molar-refractivity contribution < 1.29 is 14.6 Å². The molecule has 0 spiro atoms. The molecule has 2 atom stereocenters. The van der Waals surface area contributed by atoms with Gasteiger partial charge in [-0.05, 0) is 50.5 Å². The Labute approximate surface area is 207 Å². The van der Waals surface area contributed by atoms with E-state index in [-0.39, 0.29) is 23.8 Å². The maximum atomic E-state index is 12.5. The molecule has 1 aliphatic rings. The third-order valence-corrected chi connectivity index (χ3v) is 6.12. The number of hydrogen-bond acceptors (Lipinski definition) is 4. The van der Waals surface area contributed by atoms with Crippen molar-refractivity contribution in [3.05, 3.63) is 94.9 Å². The summed E-state index contributed by atoms with van der Waals surface area (Å²) in [5.41, 5.74) is 1.98. The van der Waals surface area contributed by atoms with Crippen molar-refractivity contribution in [3.8, 4) is 11.1 Å². The second kappa shape index (κ2) is 11.8. The molecule has 2 aromatic carbocycles. The third-order valence-electron chi connectivity index (χ3n) is 6.12. The van der Waals surface area contributed by atoms with E-state index in [1.165, 1.54) is 0 Å². The van der Waals surface area contributed by atoms with E-state index in [1.54, 1.807) is 29.4 Å². The van der Waals surface area contributed by atoms with E-state index in [9.17, 15) is 14.7 Å². The zero-order valence-electron chi connectivity index (χ0n) is 21.1. The van der Waals surface area contributed by atoms with Gasteiger partial charge in [0, 0.05) is 38.2 Å². The quantitative estimate of drug-likeness (QED) is 0.499. The van der Waals surface area contributed by atoms with Gasteiger partial charge in [-0.25, -0.2) is 4.79 Å². The van der Waals surface area contributed by atoms with E-state index in [0.29, 0.717) is 25.9 Å². The average molecular weight is 477 g/mol. The van der Waals surface area contributed by atoms with Gasteiger partial charge in [0.05, 0.1) is 11.6 Å². The lowest BCUT2D eigenvalue weighted by molar-refractivity contribution is -0.0309. The van der Waals surface area contributed by atoms with Crippen LogP contribution >= 0.6 is 0 Å². The van der Waals surface area contributed by atoms with Crippen LogP contribution in [0.4, 0.5) is 4.79 Å². The molecule has 4 rings (SSSR count). The summed E-state index contributed by atoms with van der Waals surface area (Å²) in [6, 6.07) is 23.4. The Balaban J connectivity index is 0.000000497. The summed E-state index contributed by atoms with van der Waals surface area (Å²) in [4.78, 5) is 26.3. The van der Waals surface area contributed by atoms with E-state index in [0.717, 1.165) is 16.7 Å². The van der Waals surface area contributed by atoms with Crippen molar-refractivity contribution in [2.75, 3.05) is 6.54 Å². The second-order valence-electron chi connectivity index (χ2n) is 9.50. The monoisotopic (exact) mass is 476 g/mol. The van der Waals surface area contributed by atoms with Gasteiger partial charge in [-0.2, -0.15) is 0 Å². The van der Waals surface area contributed by atoms with Crippen LogP contribution in [0.1, 0.15) is 52.1 Å². The number of aromatic nitrogens is 1. The topological polar surface area (TPSA) is 71.8 Å². The molecule has 1 amide bonds. The summed E-state index contributed by atoms with van der Waals surface area (Å²) in [6.07, 6.45) is 2.35. The fraction of sp³-hybridized carbons (Fsp3) is 0.379. The smallest absolute Gasteiger partial charge is 0.410 e. The Bertz CT molecular complexity index is 1110. The zero-order valence-corrected chi connectivity index (χ0v) is 21.1. The molecule has 6 heteroatoms. The highest BCUT2D eigenvalue weighted by Gasteiger charge is 2.33. The number of cyclic esters (lactones) is 1. The van der Waals surface area contributed by atoms with E-state index >= 15 is 0 Å². The molecule has 0 saturated carbocycles. The Morgan fingerprint density at radius 1 is 1.00 bits per heavy atom. The highest BCUT2D eigenvalue weighted by atomic mass is 16.6. The van der Waals surface area contributed by atoms with E-state index in [4.69, 9.17) is 4.74 Å². The van der Waals surface area contributed by atoms with Crippen molar-refractivity contribution in [3.63, 3.8) is 0 Å². The van der Waals surface area contributed by atoms with Gasteiger partial charge in [0.1, 0.15) is 6.10 Å². The molecule has 35 heavy (non-hydrogen) atoms. The number of pyridine rings is 1. The standard InChI is InChI=1S/C23H30N2O4.C6H6/c1-5-24-12-10-19(14-21(24)26)18-8-6-17(7-9-18)16(2)25-13-11-20(29-22(25)27)15-23(3,4)28;1-2-4-6-5-3-1/h6-10,12,14,16,20,28H,5,11,13,15H2,1-4H3;1-6H. The Morgan fingerprint density at radius 3 is 2.09 bits per heavy atom. The van der Waals surface area contributed by atoms with Gasteiger partial charge >= 0.3 is 6.09 Å². The largest absolute Gasteiger partial charge is 0.446 e. The molecule has 6 nitrogen and oxygen atoms in total. The van der Waals surface area contributed by atoms with Crippen LogP contribution in [-0.4, -0.2) is 38.9 Å². The normalized spacial score (nSPS) is 16.7. The SMILES string of the molecule is CCn1ccc(-c2ccc(C(C)N3CCC(CC(C)(C)O)OC3=O)cc2)cc1=O.c1ccccc1. The summed E-state index contributed by atoms with van der Waals surface area (Å²) in [5.74, 6) is 0. The molecule has 2 unspecified atom stereocenters. The number of carbonyl (C=O) groups excluding carboxylic acids is 1. The lowest BCUT2D eigenvalue weighted by atomic mass is 9.97. The summed E-state index contributed by atoms with van der Waals surface area (Å²) in [7, 11) is 0. The summed E-state index contributed by atoms with van der Waals surface area (Å²) in [5, 5.41) is 9.95. The van der Waals surface area contributed by atoms with Crippen LogP contribution in [0.2, 0.25) is 0 Å². The number of ether oxygens (including phenoxy) is 1. The second-order valence-corrected chi connectivity index (χ2v) is 9.50. The summed E-state index contributed by atoms with van der Waals surface area (Å²) in [6.45, 7) is 8.62. The minimum atomic E-state index is -0.855. The molecule has 1 fully saturated rings. The maximum Gasteiger partial charge on any atom is 0.410 e. The molecule has 2 heterocycles. The van der Waals surface area contributed by atoms with Crippen molar-refractivity contribution in [1.82, 2.24) is 9.47 Å². The highest BCUT2D eigenvalue weighted by molar-refractivity contribution is 5.69. The van der Waals surface area contributed by atoms with Gasteiger partial charge in [0.2, 0.25) is 0 Å². The van der Waals surface area contributed by atoms with Crippen LogP contribution in [0.15, 0.2) is 83.8 Å². The molecule has 1 aromatic heterocycles. The summed E-state index contributed by atoms with van der Waals surface area (Å²) >= 11 is 0. The van der Waals surface area contributed by atoms with Crippen molar-refractivity contribution in [2.24, 2.45) is 0 Å². The minimum absolute atomic E-state index is 0.0147. The number of aliphatic hydroxyl groups is 1. The number of amides is 1. The molecule has 3 aromatic rings. The molecule has 0 aliphatic carbocycles. The molecule has 0 radical (unpaired) electrons. The molecular weight excluding hydrogens is 440 g/mol. The molecular formula is C29H36N2O4. The number of nitrogens with zero attached hydrogens (tertiary/aromatic N) is 2. The van der Waals surface area contributed by atoms with Crippen LogP contribution in [0.25, 0.3) is 11.1 Å². The number of hydrogen-bond donors (Lipinski definition) is 1. The first kappa shape index (κ1) is 26.2. The maximum absolute atomic E-state index is 12.5. The molecule has 1 saturated heterocycles. The fourth-order valence-corrected chi connectivity index (χ4v) is 4.16. The minimum Gasteiger partial charge on any atom is -0.446 e.